The molecule has 0 aliphatic heterocycles. The SMILES string of the molecule is CN(Cc1cccnc1)c1cc(Br)nc(C2CC2)n1. The molecule has 2 heterocycles. The molecule has 0 unspecified atom stereocenters. The number of aromatic nitrogens is 3. The second-order valence-electron chi connectivity index (χ2n) is 4.90. The molecule has 1 saturated carbocycles. The van der Waals surface area contributed by atoms with Gasteiger partial charge in [-0.2, -0.15) is 0 Å². The minimum Gasteiger partial charge on any atom is -0.355 e. The average molecular weight is 319 g/mol. The monoisotopic (exact) mass is 318 g/mol. The van der Waals surface area contributed by atoms with E-state index >= 15 is 0 Å². The van der Waals surface area contributed by atoms with E-state index in [4.69, 9.17) is 0 Å². The van der Waals surface area contributed by atoms with Gasteiger partial charge >= 0.3 is 0 Å². The van der Waals surface area contributed by atoms with E-state index in [-0.39, 0.29) is 0 Å². The number of nitrogens with zero attached hydrogens (tertiary/aromatic N) is 4. The van der Waals surface area contributed by atoms with Gasteiger partial charge in [0.05, 0.1) is 0 Å². The van der Waals surface area contributed by atoms with Crippen molar-refractivity contribution in [2.45, 2.75) is 25.3 Å². The molecule has 1 fully saturated rings. The van der Waals surface area contributed by atoms with Gasteiger partial charge in [-0.25, -0.2) is 9.97 Å². The summed E-state index contributed by atoms with van der Waals surface area (Å²) in [5.74, 6) is 2.47. The topological polar surface area (TPSA) is 41.9 Å². The Hall–Kier alpha value is -1.49. The first-order valence-electron chi connectivity index (χ1n) is 6.37. The molecule has 19 heavy (non-hydrogen) atoms. The van der Waals surface area contributed by atoms with E-state index in [0.717, 1.165) is 22.8 Å². The summed E-state index contributed by atoms with van der Waals surface area (Å²) in [6.45, 7) is 0.793. The van der Waals surface area contributed by atoms with Gasteiger partial charge in [0, 0.05) is 38.0 Å². The van der Waals surface area contributed by atoms with Gasteiger partial charge in [-0.05, 0) is 40.4 Å². The molecule has 0 aromatic carbocycles. The van der Waals surface area contributed by atoms with Crippen LogP contribution in [0.5, 0.6) is 0 Å². The second kappa shape index (κ2) is 5.25. The fraction of sp³-hybridized carbons (Fsp3) is 0.357. The predicted molar refractivity (Wildman–Crippen MR) is 78.1 cm³/mol. The van der Waals surface area contributed by atoms with Gasteiger partial charge in [-0.1, -0.05) is 6.07 Å². The predicted octanol–water partition coefficient (Wildman–Crippen LogP) is 3.15. The molecule has 3 rings (SSSR count). The molecule has 0 bridgehead atoms. The minimum absolute atomic E-state index is 0.558. The van der Waals surface area contributed by atoms with Crippen LogP contribution in [0.25, 0.3) is 0 Å². The fourth-order valence-corrected chi connectivity index (χ4v) is 2.38. The molecule has 0 spiro atoms. The van der Waals surface area contributed by atoms with Gasteiger partial charge in [0.25, 0.3) is 0 Å². The first kappa shape index (κ1) is 12.5. The Morgan fingerprint density at radius 3 is 2.89 bits per heavy atom. The largest absolute Gasteiger partial charge is 0.355 e. The highest BCUT2D eigenvalue weighted by molar-refractivity contribution is 9.10. The molecule has 0 atom stereocenters. The van der Waals surface area contributed by atoms with Gasteiger partial charge in [-0.15, -0.1) is 0 Å². The molecule has 0 radical (unpaired) electrons. The van der Waals surface area contributed by atoms with Gasteiger partial charge in [0.2, 0.25) is 0 Å². The van der Waals surface area contributed by atoms with E-state index in [2.05, 4.69) is 41.8 Å². The number of hydrogen-bond donors (Lipinski definition) is 0. The highest BCUT2D eigenvalue weighted by atomic mass is 79.9. The maximum Gasteiger partial charge on any atom is 0.135 e. The van der Waals surface area contributed by atoms with Crippen LogP contribution in [-0.4, -0.2) is 22.0 Å². The van der Waals surface area contributed by atoms with E-state index < -0.39 is 0 Å². The highest BCUT2D eigenvalue weighted by Crippen LogP contribution is 2.39. The lowest BCUT2D eigenvalue weighted by atomic mass is 10.2. The summed E-state index contributed by atoms with van der Waals surface area (Å²) < 4.78 is 0.859. The van der Waals surface area contributed by atoms with Crippen molar-refractivity contribution in [3.63, 3.8) is 0 Å². The van der Waals surface area contributed by atoms with Crippen molar-refractivity contribution in [2.24, 2.45) is 0 Å². The Kier molecular flexibility index (Phi) is 3.46. The van der Waals surface area contributed by atoms with Crippen LogP contribution < -0.4 is 4.90 Å². The van der Waals surface area contributed by atoms with Crippen LogP contribution in [0, 0.1) is 0 Å². The first-order valence-corrected chi connectivity index (χ1v) is 7.16. The summed E-state index contributed by atoms with van der Waals surface area (Å²) in [6, 6.07) is 5.98. The van der Waals surface area contributed by atoms with Crippen LogP contribution in [0.4, 0.5) is 5.82 Å². The standard InChI is InChI=1S/C14H15BrN4/c1-19(9-10-3-2-6-16-8-10)13-7-12(15)17-14(18-13)11-4-5-11/h2-3,6-8,11H,4-5,9H2,1H3. The minimum atomic E-state index is 0.558. The second-order valence-corrected chi connectivity index (χ2v) is 5.71. The molecule has 0 amide bonds. The third-order valence-electron chi connectivity index (χ3n) is 3.17. The fourth-order valence-electron chi connectivity index (χ4n) is 1.99. The van der Waals surface area contributed by atoms with Crippen LogP contribution in [0.3, 0.4) is 0 Å². The summed E-state index contributed by atoms with van der Waals surface area (Å²) in [7, 11) is 2.04. The molecule has 98 valence electrons. The van der Waals surface area contributed by atoms with E-state index in [9.17, 15) is 0 Å². The smallest absolute Gasteiger partial charge is 0.135 e. The Bertz CT molecular complexity index is 569. The van der Waals surface area contributed by atoms with Crippen LogP contribution in [0.2, 0.25) is 0 Å². The number of pyridine rings is 1. The lowest BCUT2D eigenvalue weighted by Crippen LogP contribution is -2.18. The number of anilines is 1. The summed E-state index contributed by atoms with van der Waals surface area (Å²) in [5.41, 5.74) is 1.17. The molecule has 0 N–H and O–H groups in total. The lowest BCUT2D eigenvalue weighted by Gasteiger charge is -2.18. The van der Waals surface area contributed by atoms with Crippen molar-refractivity contribution in [2.75, 3.05) is 11.9 Å². The average Bonchev–Trinajstić information content (AvgIpc) is 3.23. The maximum absolute atomic E-state index is 4.66. The Labute approximate surface area is 121 Å². The lowest BCUT2D eigenvalue weighted by molar-refractivity contribution is 0.845. The zero-order valence-corrected chi connectivity index (χ0v) is 12.3. The van der Waals surface area contributed by atoms with E-state index in [1.807, 2.05) is 25.4 Å². The maximum atomic E-state index is 4.66. The van der Waals surface area contributed by atoms with Crippen molar-refractivity contribution < 1.29 is 0 Å². The van der Waals surface area contributed by atoms with Gasteiger partial charge in [-0.3, -0.25) is 4.98 Å². The Morgan fingerprint density at radius 1 is 1.37 bits per heavy atom. The van der Waals surface area contributed by atoms with Gasteiger partial charge in [0.15, 0.2) is 0 Å². The Balaban J connectivity index is 1.81. The molecule has 1 aliphatic rings. The molecule has 4 nitrogen and oxygen atoms in total. The molecule has 2 aromatic heterocycles. The van der Waals surface area contributed by atoms with Gasteiger partial charge in [0.1, 0.15) is 16.2 Å². The quantitative estimate of drug-likeness (QED) is 0.812. The summed E-state index contributed by atoms with van der Waals surface area (Å²) >= 11 is 3.47. The Morgan fingerprint density at radius 2 is 2.21 bits per heavy atom. The zero-order valence-electron chi connectivity index (χ0n) is 10.8. The molecule has 5 heteroatoms. The number of halogens is 1. The zero-order chi connectivity index (χ0) is 13.2. The summed E-state index contributed by atoms with van der Waals surface area (Å²) in [6.07, 6.45) is 6.09. The number of hydrogen-bond acceptors (Lipinski definition) is 4. The van der Waals surface area contributed by atoms with Crippen molar-refractivity contribution >= 4 is 21.7 Å². The molecule has 1 aliphatic carbocycles. The molecular weight excluding hydrogens is 304 g/mol. The summed E-state index contributed by atoms with van der Waals surface area (Å²) in [5, 5.41) is 0. The van der Waals surface area contributed by atoms with Crippen LogP contribution in [-0.2, 0) is 6.54 Å². The van der Waals surface area contributed by atoms with E-state index in [0.29, 0.717) is 5.92 Å². The first-order chi connectivity index (χ1) is 9.22. The molecule has 0 saturated heterocycles. The third kappa shape index (κ3) is 3.10. The van der Waals surface area contributed by atoms with E-state index in [1.54, 1.807) is 6.20 Å². The van der Waals surface area contributed by atoms with Gasteiger partial charge < -0.3 is 4.90 Å². The van der Waals surface area contributed by atoms with Crippen LogP contribution >= 0.6 is 15.9 Å². The van der Waals surface area contributed by atoms with E-state index in [1.165, 1.54) is 18.4 Å². The number of rotatable bonds is 4. The molecular formula is C14H15BrN4. The van der Waals surface area contributed by atoms with Crippen molar-refractivity contribution in [1.29, 1.82) is 0 Å². The van der Waals surface area contributed by atoms with Crippen LogP contribution in [0.15, 0.2) is 35.2 Å². The van der Waals surface area contributed by atoms with Crippen molar-refractivity contribution in [3.05, 3.63) is 46.6 Å². The molecule has 2 aromatic rings. The van der Waals surface area contributed by atoms with Crippen molar-refractivity contribution in [3.8, 4) is 0 Å². The summed E-state index contributed by atoms with van der Waals surface area (Å²) in [4.78, 5) is 15.4. The normalized spacial score (nSPS) is 14.4. The highest BCUT2D eigenvalue weighted by Gasteiger charge is 2.27. The van der Waals surface area contributed by atoms with Crippen molar-refractivity contribution in [1.82, 2.24) is 15.0 Å². The third-order valence-corrected chi connectivity index (χ3v) is 3.58. The van der Waals surface area contributed by atoms with Crippen LogP contribution in [0.1, 0.15) is 30.1 Å².